The van der Waals surface area contributed by atoms with E-state index >= 15 is 0 Å². The Morgan fingerprint density at radius 2 is 1.83 bits per heavy atom. The van der Waals surface area contributed by atoms with Crippen molar-refractivity contribution in [2.45, 2.75) is 13.3 Å². The Balaban J connectivity index is 2.00. The summed E-state index contributed by atoms with van der Waals surface area (Å²) in [5.74, 6) is 0.591. The van der Waals surface area contributed by atoms with Crippen molar-refractivity contribution in [3.63, 3.8) is 0 Å². The average molecular weight is 315 g/mol. The Morgan fingerprint density at radius 1 is 1.13 bits per heavy atom. The van der Waals surface area contributed by atoms with Gasteiger partial charge in [-0.05, 0) is 30.7 Å². The number of nitro groups is 1. The molecule has 0 aliphatic carbocycles. The highest BCUT2D eigenvalue weighted by Gasteiger charge is 2.09. The second-order valence-corrected chi connectivity index (χ2v) is 4.73. The molecule has 0 aliphatic heterocycles. The molecule has 0 bridgehead atoms. The lowest BCUT2D eigenvalue weighted by Gasteiger charge is -2.12. The molecule has 0 radical (unpaired) electrons. The van der Waals surface area contributed by atoms with Crippen molar-refractivity contribution >= 4 is 23.1 Å². The van der Waals surface area contributed by atoms with E-state index in [9.17, 15) is 14.9 Å². The summed E-state index contributed by atoms with van der Waals surface area (Å²) in [6.07, 6.45) is 0.864. The van der Waals surface area contributed by atoms with Crippen molar-refractivity contribution in [2.24, 2.45) is 0 Å². The van der Waals surface area contributed by atoms with E-state index in [1.807, 2.05) is 13.0 Å². The Hall–Kier alpha value is -3.09. The fourth-order valence-electron chi connectivity index (χ4n) is 1.86. The van der Waals surface area contributed by atoms with Crippen LogP contribution in [-0.4, -0.2) is 17.6 Å². The highest BCUT2D eigenvalue weighted by atomic mass is 16.6. The molecule has 0 aliphatic rings. The number of para-hydroxylation sites is 2. The molecule has 0 spiro atoms. The minimum Gasteiger partial charge on any atom is -0.491 e. The van der Waals surface area contributed by atoms with Crippen molar-refractivity contribution in [1.29, 1.82) is 0 Å². The molecule has 7 heteroatoms. The van der Waals surface area contributed by atoms with Gasteiger partial charge in [-0.1, -0.05) is 19.1 Å². The Kier molecular flexibility index (Phi) is 5.51. The number of nitrogens with one attached hydrogen (secondary N) is 2. The largest absolute Gasteiger partial charge is 0.491 e. The standard InChI is InChI=1S/C16H17N3O4/c1-2-11-23-15-6-4-3-5-14(15)18-16(20)17-12-7-9-13(10-8-12)19(21)22/h3-10H,2,11H2,1H3,(H2,17,18,20). The highest BCUT2D eigenvalue weighted by molar-refractivity contribution is 6.00. The first kappa shape index (κ1) is 16.3. The lowest BCUT2D eigenvalue weighted by Crippen LogP contribution is -2.19. The molecule has 0 heterocycles. The van der Waals surface area contributed by atoms with Crippen molar-refractivity contribution in [3.05, 3.63) is 58.6 Å². The van der Waals surface area contributed by atoms with Gasteiger partial charge < -0.3 is 15.4 Å². The molecule has 0 saturated heterocycles. The van der Waals surface area contributed by atoms with Gasteiger partial charge in [0.2, 0.25) is 0 Å². The van der Waals surface area contributed by atoms with Crippen LogP contribution >= 0.6 is 0 Å². The second kappa shape index (κ2) is 7.79. The number of non-ortho nitro benzene ring substituents is 1. The van der Waals surface area contributed by atoms with E-state index in [2.05, 4.69) is 10.6 Å². The molecule has 2 N–H and O–H groups in total. The normalized spacial score (nSPS) is 9.96. The fraction of sp³-hybridized carbons (Fsp3) is 0.188. The average Bonchev–Trinajstić information content (AvgIpc) is 2.54. The van der Waals surface area contributed by atoms with Crippen molar-refractivity contribution in [2.75, 3.05) is 17.2 Å². The molecular formula is C16H17N3O4. The zero-order chi connectivity index (χ0) is 16.7. The summed E-state index contributed by atoms with van der Waals surface area (Å²) < 4.78 is 5.56. The Morgan fingerprint density at radius 3 is 2.48 bits per heavy atom. The quantitative estimate of drug-likeness (QED) is 0.621. The molecule has 0 fully saturated rings. The van der Waals surface area contributed by atoms with Crippen molar-refractivity contribution < 1.29 is 14.5 Å². The van der Waals surface area contributed by atoms with Gasteiger partial charge in [0, 0.05) is 17.8 Å². The second-order valence-electron chi connectivity index (χ2n) is 4.73. The molecule has 0 saturated carbocycles. The third-order valence-corrected chi connectivity index (χ3v) is 2.93. The molecule has 2 amide bonds. The summed E-state index contributed by atoms with van der Waals surface area (Å²) >= 11 is 0. The SMILES string of the molecule is CCCOc1ccccc1NC(=O)Nc1ccc([N+](=O)[O-])cc1. The van der Waals surface area contributed by atoms with Gasteiger partial charge in [-0.2, -0.15) is 0 Å². The zero-order valence-corrected chi connectivity index (χ0v) is 12.6. The van der Waals surface area contributed by atoms with Crippen LogP contribution in [0.3, 0.4) is 0 Å². The predicted molar refractivity (Wildman–Crippen MR) is 88.0 cm³/mol. The first-order valence-corrected chi connectivity index (χ1v) is 7.14. The molecule has 2 aromatic rings. The van der Waals surface area contributed by atoms with Crippen LogP contribution in [0.15, 0.2) is 48.5 Å². The summed E-state index contributed by atoms with van der Waals surface area (Å²) in [5.41, 5.74) is 0.981. The first-order chi connectivity index (χ1) is 11.1. The van der Waals surface area contributed by atoms with Crippen LogP contribution in [0.2, 0.25) is 0 Å². The molecule has 23 heavy (non-hydrogen) atoms. The van der Waals surface area contributed by atoms with E-state index in [1.165, 1.54) is 24.3 Å². The number of urea groups is 1. The molecule has 7 nitrogen and oxygen atoms in total. The van der Waals surface area contributed by atoms with E-state index in [-0.39, 0.29) is 5.69 Å². The van der Waals surface area contributed by atoms with Crippen molar-refractivity contribution in [1.82, 2.24) is 0 Å². The van der Waals surface area contributed by atoms with Crippen LogP contribution in [0.4, 0.5) is 21.9 Å². The van der Waals surface area contributed by atoms with E-state index in [1.54, 1.807) is 18.2 Å². The minimum atomic E-state index is -0.495. The lowest BCUT2D eigenvalue weighted by molar-refractivity contribution is -0.384. The van der Waals surface area contributed by atoms with Crippen LogP contribution in [0.5, 0.6) is 5.75 Å². The van der Waals surface area contributed by atoms with Gasteiger partial charge in [-0.3, -0.25) is 10.1 Å². The maximum absolute atomic E-state index is 12.0. The van der Waals surface area contributed by atoms with Crippen LogP contribution in [0, 0.1) is 10.1 Å². The van der Waals surface area contributed by atoms with Gasteiger partial charge in [0.1, 0.15) is 5.75 Å². The van der Waals surface area contributed by atoms with Gasteiger partial charge in [-0.15, -0.1) is 0 Å². The molecular weight excluding hydrogens is 298 g/mol. The summed E-state index contributed by atoms with van der Waals surface area (Å²) in [6.45, 7) is 2.56. The fourth-order valence-corrected chi connectivity index (χ4v) is 1.86. The molecule has 2 rings (SSSR count). The monoisotopic (exact) mass is 315 g/mol. The van der Waals surface area contributed by atoms with E-state index in [4.69, 9.17) is 4.74 Å². The van der Waals surface area contributed by atoms with Gasteiger partial charge in [0.05, 0.1) is 17.2 Å². The number of ether oxygens (including phenoxy) is 1. The van der Waals surface area contributed by atoms with E-state index in [0.29, 0.717) is 23.7 Å². The smallest absolute Gasteiger partial charge is 0.323 e. The number of rotatable bonds is 6. The number of benzene rings is 2. The maximum atomic E-state index is 12.0. The Labute approximate surface area is 133 Å². The summed E-state index contributed by atoms with van der Waals surface area (Å²) in [7, 11) is 0. The summed E-state index contributed by atoms with van der Waals surface area (Å²) in [4.78, 5) is 22.1. The molecule has 0 atom stereocenters. The third-order valence-electron chi connectivity index (χ3n) is 2.93. The van der Waals surface area contributed by atoms with Gasteiger partial charge in [0.25, 0.3) is 5.69 Å². The summed E-state index contributed by atoms with van der Waals surface area (Å²) in [6, 6.07) is 12.3. The van der Waals surface area contributed by atoms with E-state index < -0.39 is 11.0 Å². The number of hydrogen-bond donors (Lipinski definition) is 2. The first-order valence-electron chi connectivity index (χ1n) is 7.14. The lowest BCUT2D eigenvalue weighted by atomic mass is 10.3. The zero-order valence-electron chi connectivity index (χ0n) is 12.6. The Bertz CT molecular complexity index is 686. The molecule has 2 aromatic carbocycles. The maximum Gasteiger partial charge on any atom is 0.323 e. The van der Waals surface area contributed by atoms with Gasteiger partial charge in [-0.25, -0.2) is 4.79 Å². The third kappa shape index (κ3) is 4.70. The number of anilines is 2. The van der Waals surface area contributed by atoms with Crippen molar-refractivity contribution in [3.8, 4) is 5.75 Å². The molecule has 0 unspecified atom stereocenters. The topological polar surface area (TPSA) is 93.5 Å². The van der Waals surface area contributed by atoms with Crippen LogP contribution in [0.1, 0.15) is 13.3 Å². The number of carbonyl (C=O) groups excluding carboxylic acids is 1. The van der Waals surface area contributed by atoms with Gasteiger partial charge in [0.15, 0.2) is 0 Å². The number of nitro benzene ring substituents is 1. The minimum absolute atomic E-state index is 0.0331. The van der Waals surface area contributed by atoms with Gasteiger partial charge >= 0.3 is 6.03 Å². The number of hydrogen-bond acceptors (Lipinski definition) is 4. The summed E-state index contributed by atoms with van der Waals surface area (Å²) in [5, 5.41) is 15.9. The number of amides is 2. The highest BCUT2D eigenvalue weighted by Crippen LogP contribution is 2.24. The number of nitrogens with zero attached hydrogens (tertiary/aromatic N) is 1. The molecule has 120 valence electrons. The van der Waals surface area contributed by atoms with Crippen LogP contribution in [0.25, 0.3) is 0 Å². The molecule has 0 aromatic heterocycles. The predicted octanol–water partition coefficient (Wildman–Crippen LogP) is 4.03. The van der Waals surface area contributed by atoms with E-state index in [0.717, 1.165) is 6.42 Å². The van der Waals surface area contributed by atoms with Crippen LogP contribution in [-0.2, 0) is 0 Å². The number of carbonyl (C=O) groups is 1. The van der Waals surface area contributed by atoms with Crippen LogP contribution < -0.4 is 15.4 Å².